The highest BCUT2D eigenvalue weighted by Crippen LogP contribution is 2.24. The molecule has 2 heterocycles. The second-order valence-corrected chi connectivity index (χ2v) is 11.2. The first-order valence-electron chi connectivity index (χ1n) is 12.3. The number of nitrogens with zero attached hydrogens (tertiary/aromatic N) is 3. The molecule has 3 aromatic carbocycles. The third kappa shape index (κ3) is 6.36. The van der Waals surface area contributed by atoms with E-state index >= 15 is 0 Å². The lowest BCUT2D eigenvalue weighted by atomic mass is 10.1. The molecule has 200 valence electrons. The fourth-order valence-corrected chi connectivity index (χ4v) is 5.78. The van der Waals surface area contributed by atoms with Gasteiger partial charge in [0.05, 0.1) is 12.1 Å². The van der Waals surface area contributed by atoms with Crippen LogP contribution < -0.4 is 10.0 Å². The Morgan fingerprint density at radius 3 is 2.23 bits per heavy atom. The average molecular weight is 564 g/mol. The quantitative estimate of drug-likeness (QED) is 0.350. The van der Waals surface area contributed by atoms with Crippen molar-refractivity contribution in [3.63, 3.8) is 0 Å². The number of sulfonamides is 1. The maximum absolute atomic E-state index is 13.0. The van der Waals surface area contributed by atoms with Gasteiger partial charge in [0.1, 0.15) is 4.90 Å². The largest absolute Gasteiger partial charge is 0.336 e. The van der Waals surface area contributed by atoms with Crippen LogP contribution in [0.5, 0.6) is 0 Å². The highest BCUT2D eigenvalue weighted by atomic mass is 35.5. The topological polar surface area (TPSA) is 112 Å². The molecule has 2 amide bonds. The number of hydrogen-bond acceptors (Lipinski definition) is 6. The van der Waals surface area contributed by atoms with Gasteiger partial charge in [0.25, 0.3) is 15.9 Å². The van der Waals surface area contributed by atoms with Crippen molar-refractivity contribution < 1.29 is 18.0 Å². The molecule has 1 aliphatic heterocycles. The van der Waals surface area contributed by atoms with E-state index in [0.717, 1.165) is 5.39 Å². The van der Waals surface area contributed by atoms with Crippen LogP contribution in [0.25, 0.3) is 10.9 Å². The number of pyridine rings is 1. The van der Waals surface area contributed by atoms with Crippen LogP contribution in [0.15, 0.2) is 90.0 Å². The number of hydrogen-bond donors (Lipinski definition) is 2. The van der Waals surface area contributed by atoms with Gasteiger partial charge in [-0.1, -0.05) is 29.8 Å². The minimum Gasteiger partial charge on any atom is -0.336 e. The molecule has 0 aliphatic carbocycles. The van der Waals surface area contributed by atoms with Crippen molar-refractivity contribution in [2.24, 2.45) is 0 Å². The van der Waals surface area contributed by atoms with Crippen LogP contribution in [0.4, 0.5) is 11.4 Å². The first-order chi connectivity index (χ1) is 18.8. The van der Waals surface area contributed by atoms with Gasteiger partial charge < -0.3 is 10.2 Å². The Bertz CT molecular complexity index is 1600. The highest BCUT2D eigenvalue weighted by molar-refractivity contribution is 7.93. The third-order valence-electron chi connectivity index (χ3n) is 6.42. The number of benzene rings is 3. The van der Waals surface area contributed by atoms with Gasteiger partial charge in [-0.15, -0.1) is 0 Å². The van der Waals surface area contributed by atoms with Crippen LogP contribution in [0.2, 0.25) is 5.02 Å². The SMILES string of the molecule is O=C(CN1CCN(C(=O)c2ccc(NS(=O)(=O)c3cccc4cccnc34)cc2)CC1)Nc1ccc(Cl)cc1. The maximum Gasteiger partial charge on any atom is 0.264 e. The fraction of sp³-hybridized carbons (Fsp3) is 0.179. The van der Waals surface area contributed by atoms with E-state index in [1.165, 1.54) is 6.07 Å². The highest BCUT2D eigenvalue weighted by Gasteiger charge is 2.24. The van der Waals surface area contributed by atoms with Gasteiger partial charge in [0, 0.05) is 59.7 Å². The van der Waals surface area contributed by atoms with E-state index in [9.17, 15) is 18.0 Å². The zero-order valence-electron chi connectivity index (χ0n) is 20.9. The lowest BCUT2D eigenvalue weighted by Gasteiger charge is -2.34. The molecular formula is C28H26ClN5O4S. The van der Waals surface area contributed by atoms with Crippen molar-refractivity contribution >= 4 is 55.7 Å². The van der Waals surface area contributed by atoms with Crippen molar-refractivity contribution in [1.29, 1.82) is 0 Å². The van der Waals surface area contributed by atoms with Gasteiger partial charge in [0.2, 0.25) is 5.91 Å². The Kier molecular flexibility index (Phi) is 7.78. The third-order valence-corrected chi connectivity index (χ3v) is 8.09. The van der Waals surface area contributed by atoms with E-state index in [1.54, 1.807) is 83.9 Å². The zero-order valence-corrected chi connectivity index (χ0v) is 22.5. The molecular weight excluding hydrogens is 538 g/mol. The molecule has 0 atom stereocenters. The number of para-hydroxylation sites is 1. The van der Waals surface area contributed by atoms with Gasteiger partial charge >= 0.3 is 0 Å². The molecule has 39 heavy (non-hydrogen) atoms. The lowest BCUT2D eigenvalue weighted by Crippen LogP contribution is -2.50. The summed E-state index contributed by atoms with van der Waals surface area (Å²) in [6.45, 7) is 2.32. The van der Waals surface area contributed by atoms with Crippen molar-refractivity contribution in [2.45, 2.75) is 4.90 Å². The number of carbonyl (C=O) groups is 2. The molecule has 0 saturated carbocycles. The molecule has 1 aliphatic rings. The molecule has 0 bridgehead atoms. The predicted octanol–water partition coefficient (Wildman–Crippen LogP) is 4.09. The van der Waals surface area contributed by atoms with Crippen LogP contribution in [0, 0.1) is 0 Å². The van der Waals surface area contributed by atoms with E-state index in [0.29, 0.717) is 53.7 Å². The Hall–Kier alpha value is -3.99. The number of anilines is 2. The number of piperazine rings is 1. The van der Waals surface area contributed by atoms with Crippen LogP contribution >= 0.6 is 11.6 Å². The standard InChI is InChI=1S/C28H26ClN5O4S/c29-22-8-12-23(13-9-22)31-26(35)19-33-15-17-34(18-16-33)28(36)21-6-10-24(11-7-21)32-39(37,38)25-5-1-3-20-4-2-14-30-27(20)25/h1-14,32H,15-19H2,(H,31,35). The van der Waals surface area contributed by atoms with Crippen molar-refractivity contribution in [3.8, 4) is 0 Å². The molecule has 1 fully saturated rings. The lowest BCUT2D eigenvalue weighted by molar-refractivity contribution is -0.117. The average Bonchev–Trinajstić information content (AvgIpc) is 2.94. The second kappa shape index (κ2) is 11.4. The van der Waals surface area contributed by atoms with E-state index < -0.39 is 10.0 Å². The fourth-order valence-electron chi connectivity index (χ4n) is 4.41. The number of aromatic nitrogens is 1. The monoisotopic (exact) mass is 563 g/mol. The summed E-state index contributed by atoms with van der Waals surface area (Å²) in [5.41, 5.74) is 1.87. The van der Waals surface area contributed by atoms with E-state index in [2.05, 4.69) is 15.0 Å². The molecule has 9 nitrogen and oxygen atoms in total. The summed E-state index contributed by atoms with van der Waals surface area (Å²) in [6, 6.07) is 21.8. The Labute approximate surface area is 231 Å². The summed E-state index contributed by atoms with van der Waals surface area (Å²) in [4.78, 5) is 33.4. The van der Waals surface area contributed by atoms with Gasteiger partial charge in [-0.25, -0.2) is 8.42 Å². The first-order valence-corrected chi connectivity index (χ1v) is 14.2. The zero-order chi connectivity index (χ0) is 27.4. The Morgan fingerprint density at radius 1 is 0.846 bits per heavy atom. The van der Waals surface area contributed by atoms with Crippen molar-refractivity contribution in [2.75, 3.05) is 42.8 Å². The smallest absolute Gasteiger partial charge is 0.264 e. The number of nitrogens with one attached hydrogen (secondary N) is 2. The molecule has 11 heteroatoms. The number of fused-ring (bicyclic) bond motifs is 1. The molecule has 2 N–H and O–H groups in total. The summed E-state index contributed by atoms with van der Waals surface area (Å²) in [6.07, 6.45) is 1.55. The normalized spacial score (nSPS) is 14.2. The summed E-state index contributed by atoms with van der Waals surface area (Å²) < 4.78 is 28.7. The summed E-state index contributed by atoms with van der Waals surface area (Å²) in [7, 11) is -3.88. The molecule has 0 radical (unpaired) electrons. The van der Waals surface area contributed by atoms with Crippen molar-refractivity contribution in [1.82, 2.24) is 14.8 Å². The van der Waals surface area contributed by atoms with Gasteiger partial charge in [-0.2, -0.15) is 0 Å². The summed E-state index contributed by atoms with van der Waals surface area (Å²) in [5.74, 6) is -0.276. The predicted molar refractivity (Wildman–Crippen MR) is 151 cm³/mol. The minimum absolute atomic E-state index is 0.0838. The van der Waals surface area contributed by atoms with E-state index in [-0.39, 0.29) is 23.3 Å². The first kappa shape index (κ1) is 26.6. The molecule has 5 rings (SSSR count). The maximum atomic E-state index is 13.0. The number of amides is 2. The number of rotatable bonds is 7. The van der Waals surface area contributed by atoms with Crippen molar-refractivity contribution in [3.05, 3.63) is 95.6 Å². The molecule has 0 spiro atoms. The van der Waals surface area contributed by atoms with Crippen LogP contribution in [0.1, 0.15) is 10.4 Å². The molecule has 4 aromatic rings. The Balaban J connectivity index is 1.15. The van der Waals surface area contributed by atoms with Crippen LogP contribution in [0.3, 0.4) is 0 Å². The minimum atomic E-state index is -3.88. The van der Waals surface area contributed by atoms with E-state index in [1.807, 2.05) is 4.90 Å². The molecule has 1 saturated heterocycles. The van der Waals surface area contributed by atoms with Gasteiger partial charge in [-0.3, -0.25) is 24.2 Å². The van der Waals surface area contributed by atoms with Gasteiger partial charge in [-0.05, 0) is 60.7 Å². The molecule has 1 aromatic heterocycles. The Morgan fingerprint density at radius 2 is 1.51 bits per heavy atom. The van der Waals surface area contributed by atoms with Crippen LogP contribution in [-0.2, 0) is 14.8 Å². The van der Waals surface area contributed by atoms with E-state index in [4.69, 9.17) is 11.6 Å². The van der Waals surface area contributed by atoms with Crippen LogP contribution in [-0.4, -0.2) is 67.7 Å². The summed E-state index contributed by atoms with van der Waals surface area (Å²) >= 11 is 5.88. The second-order valence-electron chi connectivity index (χ2n) is 9.14. The number of halogens is 1. The summed E-state index contributed by atoms with van der Waals surface area (Å²) in [5, 5.41) is 4.17. The van der Waals surface area contributed by atoms with Gasteiger partial charge in [0.15, 0.2) is 0 Å². The number of carbonyl (C=O) groups excluding carboxylic acids is 2. The molecule has 0 unspecified atom stereocenters.